The van der Waals surface area contributed by atoms with Gasteiger partial charge in [0.2, 0.25) is 12.7 Å². The minimum absolute atomic E-state index is 0. The molecule has 0 bridgehead atoms. The number of aliphatic imine (C=N–C) groups is 1. The zero-order chi connectivity index (χ0) is 20.6. The van der Waals surface area contributed by atoms with Crippen molar-refractivity contribution in [2.24, 2.45) is 4.99 Å². The number of carbonyl (C=O) groups excluding carboxylic acids is 1. The molecule has 0 aliphatic carbocycles. The molecule has 3 rings (SSSR count). The maximum absolute atomic E-state index is 11.9. The summed E-state index contributed by atoms with van der Waals surface area (Å²) < 4.78 is 15.9. The molecule has 8 nitrogen and oxygen atoms in total. The number of rotatable bonds is 7. The highest BCUT2D eigenvalue weighted by Gasteiger charge is 2.13. The minimum atomic E-state index is -0.0352. The predicted octanol–water partition coefficient (Wildman–Crippen LogP) is 2.37. The highest BCUT2D eigenvalue weighted by Crippen LogP contribution is 2.32. The molecule has 2 N–H and O–H groups in total. The van der Waals surface area contributed by atoms with Gasteiger partial charge < -0.3 is 29.7 Å². The number of hydrogen-bond donors (Lipinski definition) is 2. The van der Waals surface area contributed by atoms with Crippen LogP contribution in [0.3, 0.4) is 0 Å². The number of methoxy groups -OCH3 is 1. The summed E-state index contributed by atoms with van der Waals surface area (Å²) in [5.41, 5.74) is 2.06. The second-order valence-electron chi connectivity index (χ2n) is 6.70. The number of hydrogen-bond acceptors (Lipinski definition) is 5. The number of fused-ring (bicyclic) bond motifs is 1. The number of carbonyl (C=O) groups is 1. The van der Waals surface area contributed by atoms with Gasteiger partial charge in [-0.05, 0) is 35.4 Å². The Labute approximate surface area is 193 Å². The van der Waals surface area contributed by atoms with Crippen LogP contribution in [0.25, 0.3) is 0 Å². The Kier molecular flexibility index (Phi) is 9.03. The van der Waals surface area contributed by atoms with Crippen molar-refractivity contribution in [2.75, 3.05) is 34.5 Å². The first-order valence-corrected chi connectivity index (χ1v) is 9.29. The van der Waals surface area contributed by atoms with Gasteiger partial charge in [0.05, 0.1) is 20.2 Å². The SMILES string of the molecule is COc1ccc(CNC(=NCc2ccc3c(c2)OCO3)NCC(=O)N(C)C)cc1.I. The number of benzene rings is 2. The quantitative estimate of drug-likeness (QED) is 0.328. The Balaban J connectivity index is 0.00000320. The smallest absolute Gasteiger partial charge is 0.241 e. The van der Waals surface area contributed by atoms with E-state index in [4.69, 9.17) is 14.2 Å². The van der Waals surface area contributed by atoms with Crippen molar-refractivity contribution in [1.29, 1.82) is 0 Å². The molecule has 0 radical (unpaired) electrons. The Morgan fingerprint density at radius 3 is 2.47 bits per heavy atom. The Bertz CT molecular complexity index is 872. The summed E-state index contributed by atoms with van der Waals surface area (Å²) in [6.07, 6.45) is 0. The molecule has 0 saturated carbocycles. The number of amides is 1. The lowest BCUT2D eigenvalue weighted by Crippen LogP contribution is -2.42. The third-order valence-corrected chi connectivity index (χ3v) is 4.38. The van der Waals surface area contributed by atoms with Crippen LogP contribution in [0.5, 0.6) is 17.2 Å². The highest BCUT2D eigenvalue weighted by atomic mass is 127. The van der Waals surface area contributed by atoms with E-state index < -0.39 is 0 Å². The molecular weight excluding hydrogens is 499 g/mol. The van der Waals surface area contributed by atoms with E-state index in [2.05, 4.69) is 15.6 Å². The lowest BCUT2D eigenvalue weighted by molar-refractivity contribution is -0.127. The maximum Gasteiger partial charge on any atom is 0.241 e. The van der Waals surface area contributed by atoms with Gasteiger partial charge in [-0.25, -0.2) is 4.99 Å². The monoisotopic (exact) mass is 526 g/mol. The zero-order valence-electron chi connectivity index (χ0n) is 17.3. The summed E-state index contributed by atoms with van der Waals surface area (Å²) in [5.74, 6) is 2.78. The molecule has 0 aromatic heterocycles. The van der Waals surface area contributed by atoms with E-state index in [1.807, 2.05) is 42.5 Å². The summed E-state index contributed by atoms with van der Waals surface area (Å²) >= 11 is 0. The third kappa shape index (κ3) is 6.68. The summed E-state index contributed by atoms with van der Waals surface area (Å²) in [6, 6.07) is 13.5. The van der Waals surface area contributed by atoms with Crippen LogP contribution < -0.4 is 24.8 Å². The molecule has 9 heteroatoms. The molecule has 0 atom stereocenters. The fraction of sp³-hybridized carbons (Fsp3) is 0.333. The van der Waals surface area contributed by atoms with E-state index in [1.54, 1.807) is 21.2 Å². The molecule has 1 amide bonds. The Morgan fingerprint density at radius 1 is 1.07 bits per heavy atom. The average Bonchev–Trinajstić information content (AvgIpc) is 3.21. The van der Waals surface area contributed by atoms with Crippen LogP contribution in [-0.4, -0.2) is 51.3 Å². The largest absolute Gasteiger partial charge is 0.497 e. The molecule has 1 aliphatic rings. The fourth-order valence-corrected chi connectivity index (χ4v) is 2.63. The van der Waals surface area contributed by atoms with Gasteiger partial charge in [0.15, 0.2) is 17.5 Å². The van der Waals surface area contributed by atoms with Gasteiger partial charge in [0.1, 0.15) is 5.75 Å². The summed E-state index contributed by atoms with van der Waals surface area (Å²) in [7, 11) is 5.08. The highest BCUT2D eigenvalue weighted by molar-refractivity contribution is 14.0. The summed E-state index contributed by atoms with van der Waals surface area (Å²) in [5, 5.41) is 6.35. The molecule has 0 saturated heterocycles. The van der Waals surface area contributed by atoms with Gasteiger partial charge in [-0.15, -0.1) is 24.0 Å². The van der Waals surface area contributed by atoms with E-state index in [9.17, 15) is 4.79 Å². The van der Waals surface area contributed by atoms with Crippen molar-refractivity contribution in [3.63, 3.8) is 0 Å². The molecule has 0 spiro atoms. The first kappa shape index (κ1) is 23.6. The second kappa shape index (κ2) is 11.5. The average molecular weight is 526 g/mol. The zero-order valence-corrected chi connectivity index (χ0v) is 19.6. The predicted molar refractivity (Wildman–Crippen MR) is 126 cm³/mol. The molecular formula is C21H27IN4O4. The van der Waals surface area contributed by atoms with Crippen molar-refractivity contribution in [3.8, 4) is 17.2 Å². The number of guanidine groups is 1. The number of ether oxygens (including phenoxy) is 3. The fourth-order valence-electron chi connectivity index (χ4n) is 2.63. The van der Waals surface area contributed by atoms with E-state index in [0.29, 0.717) is 19.0 Å². The molecule has 1 aliphatic heterocycles. The number of nitrogens with one attached hydrogen (secondary N) is 2. The van der Waals surface area contributed by atoms with E-state index in [1.165, 1.54) is 4.90 Å². The summed E-state index contributed by atoms with van der Waals surface area (Å²) in [4.78, 5) is 18.1. The first-order chi connectivity index (χ1) is 14.0. The second-order valence-corrected chi connectivity index (χ2v) is 6.70. The van der Waals surface area contributed by atoms with Crippen molar-refractivity contribution in [3.05, 3.63) is 53.6 Å². The topological polar surface area (TPSA) is 84.4 Å². The minimum Gasteiger partial charge on any atom is -0.497 e. The van der Waals surface area contributed by atoms with Crippen LogP contribution >= 0.6 is 24.0 Å². The molecule has 162 valence electrons. The third-order valence-electron chi connectivity index (χ3n) is 4.38. The summed E-state index contributed by atoms with van der Waals surface area (Å²) in [6.45, 7) is 1.39. The number of halogens is 1. The van der Waals surface area contributed by atoms with E-state index in [-0.39, 0.29) is 43.2 Å². The first-order valence-electron chi connectivity index (χ1n) is 9.29. The lowest BCUT2D eigenvalue weighted by Gasteiger charge is -2.15. The van der Waals surface area contributed by atoms with Crippen LogP contribution in [0.1, 0.15) is 11.1 Å². The van der Waals surface area contributed by atoms with Crippen LogP contribution in [-0.2, 0) is 17.9 Å². The number of likely N-dealkylation sites (N-methyl/N-ethyl adjacent to an activating group) is 1. The van der Waals surface area contributed by atoms with Crippen LogP contribution in [0.2, 0.25) is 0 Å². The van der Waals surface area contributed by atoms with Gasteiger partial charge in [0.25, 0.3) is 0 Å². The Hall–Kier alpha value is -2.69. The standard InChI is InChI=1S/C21H26N4O4.HI/c1-25(2)20(26)13-24-21(22-11-15-4-7-17(27-3)8-5-15)23-12-16-6-9-18-19(10-16)29-14-28-18;/h4-10H,11-14H2,1-3H3,(H2,22,23,24);1H. The van der Waals surface area contributed by atoms with E-state index >= 15 is 0 Å². The molecule has 1 heterocycles. The van der Waals surface area contributed by atoms with Crippen molar-refractivity contribution in [2.45, 2.75) is 13.1 Å². The Morgan fingerprint density at radius 2 is 1.77 bits per heavy atom. The maximum atomic E-state index is 11.9. The van der Waals surface area contributed by atoms with E-state index in [0.717, 1.165) is 28.4 Å². The van der Waals surface area contributed by atoms with Crippen molar-refractivity contribution >= 4 is 35.8 Å². The van der Waals surface area contributed by atoms with Gasteiger partial charge >= 0.3 is 0 Å². The van der Waals surface area contributed by atoms with Gasteiger partial charge in [-0.1, -0.05) is 18.2 Å². The normalized spacial score (nSPS) is 12.0. The van der Waals surface area contributed by atoms with Gasteiger partial charge in [-0.3, -0.25) is 4.79 Å². The lowest BCUT2D eigenvalue weighted by atomic mass is 10.2. The van der Waals surface area contributed by atoms with Crippen molar-refractivity contribution in [1.82, 2.24) is 15.5 Å². The van der Waals surface area contributed by atoms with Crippen LogP contribution in [0, 0.1) is 0 Å². The van der Waals surface area contributed by atoms with Gasteiger partial charge in [-0.2, -0.15) is 0 Å². The van der Waals surface area contributed by atoms with Crippen molar-refractivity contribution < 1.29 is 19.0 Å². The molecule has 2 aromatic carbocycles. The van der Waals surface area contributed by atoms with Gasteiger partial charge in [0, 0.05) is 20.6 Å². The van der Waals surface area contributed by atoms with Crippen LogP contribution in [0.15, 0.2) is 47.5 Å². The molecule has 0 unspecified atom stereocenters. The van der Waals surface area contributed by atoms with Crippen LogP contribution in [0.4, 0.5) is 0 Å². The molecule has 30 heavy (non-hydrogen) atoms. The molecule has 2 aromatic rings. The number of nitrogens with zero attached hydrogens (tertiary/aromatic N) is 2. The molecule has 0 fully saturated rings.